The van der Waals surface area contributed by atoms with Crippen LogP contribution in [0, 0.1) is 11.8 Å². The molecule has 2 aromatic carbocycles. The third-order valence-corrected chi connectivity index (χ3v) is 12.0. The predicted octanol–water partition coefficient (Wildman–Crippen LogP) is 3.57. The van der Waals surface area contributed by atoms with E-state index in [-0.39, 0.29) is 29.6 Å². The van der Waals surface area contributed by atoms with Gasteiger partial charge in [0.25, 0.3) is 0 Å². The topological polar surface area (TPSA) is 138 Å². The molecule has 3 amide bonds. The van der Waals surface area contributed by atoms with Crippen LogP contribution in [0.4, 0.5) is 0 Å². The van der Waals surface area contributed by atoms with Gasteiger partial charge in [0.2, 0.25) is 17.7 Å². The summed E-state index contributed by atoms with van der Waals surface area (Å²) in [6.07, 6.45) is 2.72. The van der Waals surface area contributed by atoms with E-state index in [4.69, 9.17) is 14.2 Å². The highest BCUT2D eigenvalue weighted by atomic mass is 79.9. The molecule has 4 aliphatic heterocycles. The number of rotatable bonds is 17. The van der Waals surface area contributed by atoms with Crippen LogP contribution in [0.15, 0.2) is 86.0 Å². The number of benzene rings is 2. The average Bonchev–Trinajstić information content (AvgIpc) is 3.79. The van der Waals surface area contributed by atoms with Crippen molar-refractivity contribution in [2.24, 2.45) is 11.8 Å². The third-order valence-electron chi connectivity index (χ3n) is 11.2. The van der Waals surface area contributed by atoms with Crippen LogP contribution >= 0.6 is 15.9 Å². The van der Waals surface area contributed by atoms with Crippen molar-refractivity contribution >= 4 is 39.6 Å². The molecule has 290 valence electrons. The van der Waals surface area contributed by atoms with Gasteiger partial charge in [0.05, 0.1) is 49.8 Å². The first kappa shape index (κ1) is 39.8. The molecule has 0 saturated carbocycles. The molecule has 4 heterocycles. The Bertz CT molecular complexity index is 1660. The third kappa shape index (κ3) is 7.92. The summed E-state index contributed by atoms with van der Waals surface area (Å²) in [5.41, 5.74) is -0.0570. The highest BCUT2D eigenvalue weighted by molar-refractivity contribution is 9.09. The number of hydrogen-bond donors (Lipinski definition) is 2. The molecule has 4 fully saturated rings. The second-order valence-corrected chi connectivity index (χ2v) is 15.7. The van der Waals surface area contributed by atoms with Crippen molar-refractivity contribution in [1.82, 2.24) is 20.0 Å². The van der Waals surface area contributed by atoms with Crippen molar-refractivity contribution in [3.63, 3.8) is 0 Å². The number of fused-ring (bicyclic) bond motifs is 1. The fourth-order valence-electron chi connectivity index (χ4n) is 8.63. The Labute approximate surface area is 325 Å². The highest BCUT2D eigenvalue weighted by Crippen LogP contribution is 2.61. The lowest BCUT2D eigenvalue weighted by atomic mass is 9.70. The van der Waals surface area contributed by atoms with E-state index in [1.165, 1.54) is 4.90 Å². The normalized spacial score (nSPS) is 27.8. The van der Waals surface area contributed by atoms with Gasteiger partial charge in [-0.2, -0.15) is 0 Å². The Morgan fingerprint density at radius 3 is 2.37 bits per heavy atom. The van der Waals surface area contributed by atoms with Gasteiger partial charge in [0.15, 0.2) is 0 Å². The minimum atomic E-state index is -1.38. The lowest BCUT2D eigenvalue weighted by Crippen LogP contribution is -2.58. The van der Waals surface area contributed by atoms with Crippen molar-refractivity contribution in [3.8, 4) is 0 Å². The second kappa shape index (κ2) is 17.7. The van der Waals surface area contributed by atoms with Crippen LogP contribution in [0.2, 0.25) is 0 Å². The van der Waals surface area contributed by atoms with Crippen LogP contribution < -0.4 is 5.32 Å². The van der Waals surface area contributed by atoms with E-state index in [2.05, 4.69) is 39.3 Å². The maximum Gasteiger partial charge on any atom is 0.313 e. The van der Waals surface area contributed by atoms with Gasteiger partial charge in [0, 0.05) is 44.0 Å². The van der Waals surface area contributed by atoms with Crippen LogP contribution in [-0.2, 0) is 33.4 Å². The van der Waals surface area contributed by atoms with Crippen LogP contribution in [0.3, 0.4) is 0 Å². The van der Waals surface area contributed by atoms with Crippen molar-refractivity contribution in [1.29, 1.82) is 0 Å². The van der Waals surface area contributed by atoms with Gasteiger partial charge in [-0.15, -0.1) is 13.2 Å². The van der Waals surface area contributed by atoms with E-state index in [0.717, 1.165) is 13.1 Å². The Morgan fingerprint density at radius 2 is 1.74 bits per heavy atom. The monoisotopic (exact) mass is 806 g/mol. The summed E-state index contributed by atoms with van der Waals surface area (Å²) in [6, 6.07) is 15.6. The number of likely N-dealkylation sites (tertiary alicyclic amines) is 1. The first-order chi connectivity index (χ1) is 26.1. The summed E-state index contributed by atoms with van der Waals surface area (Å²) in [6.45, 7) is 12.9. The van der Waals surface area contributed by atoms with E-state index in [1.54, 1.807) is 24.0 Å². The standard InChI is InChI=1S/C41H51BrN4O8/c1-4-6-17-32(48)43-27(3)35(29-15-11-8-12-16-29)53-40(51)33-34-38(49)46(31(26-47)28-13-9-7-10-14-28)37(41(34)25-30(42)36(33)54-41)39(50)45(18-5-2)20-19-44-21-23-52-24-22-44/h4-5,7-16,27,30-31,33-37,47H,1-2,6,17-26H2,3H3,(H,43,48)/t27-,30?,31+,33-,34+,35-,36-,37-,41+/m0/s1. The van der Waals surface area contributed by atoms with Gasteiger partial charge in [-0.3, -0.25) is 24.1 Å². The number of alkyl halides is 1. The van der Waals surface area contributed by atoms with Gasteiger partial charge in [0.1, 0.15) is 17.7 Å². The smallest absolute Gasteiger partial charge is 0.313 e. The maximum atomic E-state index is 15.1. The fourth-order valence-corrected chi connectivity index (χ4v) is 9.57. The molecular weight excluding hydrogens is 756 g/mol. The SMILES string of the molecule is C=CCCC(=O)N[C@@H](C)[C@H](OC(=O)[C@@H]1[C@H]2O[C@@]3(CC2Br)[C@H](C(=O)N(CC=C)CCN2CCOCC2)N([C@H](CO)c2ccccc2)C(=O)[C@@H]13)c1ccccc1. The van der Waals surface area contributed by atoms with E-state index in [0.29, 0.717) is 50.3 Å². The van der Waals surface area contributed by atoms with Gasteiger partial charge in [-0.05, 0) is 30.9 Å². The number of carbonyl (C=O) groups is 4. The van der Waals surface area contributed by atoms with Crippen LogP contribution in [-0.4, -0.2) is 125 Å². The molecule has 6 rings (SSSR count). The number of carbonyl (C=O) groups excluding carboxylic acids is 4. The summed E-state index contributed by atoms with van der Waals surface area (Å²) < 4.78 is 18.6. The first-order valence-electron chi connectivity index (χ1n) is 18.8. The van der Waals surface area contributed by atoms with Gasteiger partial charge >= 0.3 is 5.97 Å². The number of amides is 3. The van der Waals surface area contributed by atoms with E-state index >= 15 is 9.59 Å². The van der Waals surface area contributed by atoms with Crippen LogP contribution in [0.25, 0.3) is 0 Å². The van der Waals surface area contributed by atoms with E-state index < -0.39 is 66.3 Å². The first-order valence-corrected chi connectivity index (χ1v) is 19.7. The molecule has 2 bridgehead atoms. The Morgan fingerprint density at radius 1 is 1.07 bits per heavy atom. The lowest BCUT2D eigenvalue weighted by Gasteiger charge is -2.40. The van der Waals surface area contributed by atoms with Gasteiger partial charge < -0.3 is 34.4 Å². The zero-order chi connectivity index (χ0) is 38.4. The largest absolute Gasteiger partial charge is 0.455 e. The molecule has 0 radical (unpaired) electrons. The lowest BCUT2D eigenvalue weighted by molar-refractivity contribution is -0.162. The summed E-state index contributed by atoms with van der Waals surface area (Å²) in [5.74, 6) is -3.78. The fraction of sp³-hybridized carbons (Fsp3) is 0.512. The van der Waals surface area contributed by atoms with Crippen molar-refractivity contribution < 1.29 is 38.5 Å². The number of nitrogens with zero attached hydrogens (tertiary/aromatic N) is 3. The minimum Gasteiger partial charge on any atom is -0.455 e. The molecule has 2 aromatic rings. The predicted molar refractivity (Wildman–Crippen MR) is 205 cm³/mol. The van der Waals surface area contributed by atoms with Crippen LogP contribution in [0.5, 0.6) is 0 Å². The number of halogens is 1. The van der Waals surface area contributed by atoms with Gasteiger partial charge in [-0.25, -0.2) is 0 Å². The quantitative estimate of drug-likeness (QED) is 0.140. The number of esters is 1. The molecule has 1 unspecified atom stereocenters. The summed E-state index contributed by atoms with van der Waals surface area (Å²) in [4.78, 5) is 62.5. The molecule has 12 nitrogen and oxygen atoms in total. The molecule has 1 spiro atoms. The van der Waals surface area contributed by atoms with Crippen LogP contribution in [0.1, 0.15) is 49.5 Å². The average molecular weight is 808 g/mol. The number of nitrogens with one attached hydrogen (secondary N) is 1. The highest BCUT2D eigenvalue weighted by Gasteiger charge is 2.77. The van der Waals surface area contributed by atoms with Gasteiger partial charge in [-0.1, -0.05) is 88.7 Å². The summed E-state index contributed by atoms with van der Waals surface area (Å²) in [7, 11) is 0. The second-order valence-electron chi connectivity index (χ2n) is 14.5. The Hall–Kier alpha value is -3.88. The molecule has 9 atom stereocenters. The number of aliphatic hydroxyl groups is 1. The van der Waals surface area contributed by atoms with E-state index in [1.807, 2.05) is 60.7 Å². The van der Waals surface area contributed by atoms with Crippen molar-refractivity contribution in [2.45, 2.75) is 66.9 Å². The van der Waals surface area contributed by atoms with Crippen molar-refractivity contribution in [2.75, 3.05) is 52.5 Å². The maximum absolute atomic E-state index is 15.1. The summed E-state index contributed by atoms with van der Waals surface area (Å²) in [5, 5.41) is 13.9. The molecule has 54 heavy (non-hydrogen) atoms. The molecule has 0 aliphatic carbocycles. The molecular formula is C41H51BrN4O8. The molecule has 4 saturated heterocycles. The number of aliphatic hydroxyl groups excluding tert-OH is 1. The number of hydrogen-bond acceptors (Lipinski definition) is 9. The Balaban J connectivity index is 1.36. The molecule has 4 aliphatic rings. The zero-order valence-corrected chi connectivity index (χ0v) is 32.3. The number of allylic oxidation sites excluding steroid dienone is 1. The number of morpholine rings is 1. The molecule has 0 aromatic heterocycles. The molecule has 2 N–H and O–H groups in total. The van der Waals surface area contributed by atoms with Crippen molar-refractivity contribution in [3.05, 3.63) is 97.1 Å². The number of ether oxygens (including phenoxy) is 3. The molecule has 13 heteroatoms. The summed E-state index contributed by atoms with van der Waals surface area (Å²) >= 11 is 3.76. The zero-order valence-electron chi connectivity index (χ0n) is 30.8. The minimum absolute atomic E-state index is 0.210. The van der Waals surface area contributed by atoms with E-state index in [9.17, 15) is 14.7 Å². The Kier molecular flexibility index (Phi) is 13.1.